The number of amides is 2. The molecule has 0 aliphatic rings. The van der Waals surface area contributed by atoms with Crippen molar-refractivity contribution in [3.05, 3.63) is 62.1 Å². The van der Waals surface area contributed by atoms with Crippen molar-refractivity contribution in [2.45, 2.75) is 52.2 Å². The number of hydrogen-bond donors (Lipinski definition) is 1. The summed E-state index contributed by atoms with van der Waals surface area (Å²) >= 11 is 24.3. The third kappa shape index (κ3) is 8.15. The Morgan fingerprint density at radius 3 is 2.00 bits per heavy atom. The van der Waals surface area contributed by atoms with Gasteiger partial charge in [-0.3, -0.25) is 13.9 Å². The first-order valence-corrected chi connectivity index (χ1v) is 14.6. The summed E-state index contributed by atoms with van der Waals surface area (Å²) < 4.78 is 26.2. The smallest absolute Gasteiger partial charge is 0.244 e. The van der Waals surface area contributed by atoms with Gasteiger partial charge in [0.1, 0.15) is 12.6 Å². The maximum atomic E-state index is 13.7. The molecule has 2 aromatic carbocycles. The van der Waals surface area contributed by atoms with Crippen LogP contribution < -0.4 is 9.62 Å². The molecule has 0 heterocycles. The third-order valence-electron chi connectivity index (χ3n) is 5.59. The molecule has 0 fully saturated rings. The minimum atomic E-state index is -3.89. The number of carbonyl (C=O) groups is 2. The summed E-state index contributed by atoms with van der Waals surface area (Å²) in [6.07, 6.45) is 2.00. The molecule has 2 rings (SSSR count). The van der Waals surface area contributed by atoms with Gasteiger partial charge in [0.05, 0.1) is 32.0 Å². The number of nitrogens with one attached hydrogen (secondary N) is 1. The standard InChI is InChI=1S/C24H29Cl4N3O4S/c1-5-15(3)29-24(33)22(6-2)30(13-16-7-9-18(25)20(27)11-16)23(32)14-31(36(4,34)35)17-8-10-19(26)21(28)12-17/h7-12,15,22H,5-6,13-14H2,1-4H3,(H,29,33)/t15-,22+/m1/s1. The molecule has 0 aliphatic carbocycles. The van der Waals surface area contributed by atoms with E-state index in [9.17, 15) is 18.0 Å². The molecule has 2 atom stereocenters. The molecule has 0 radical (unpaired) electrons. The fourth-order valence-corrected chi connectivity index (χ4v) is 4.90. The predicted octanol–water partition coefficient (Wildman–Crippen LogP) is 5.79. The molecular weight excluding hydrogens is 568 g/mol. The minimum Gasteiger partial charge on any atom is -0.352 e. The van der Waals surface area contributed by atoms with Gasteiger partial charge in [0.25, 0.3) is 0 Å². The van der Waals surface area contributed by atoms with E-state index in [0.717, 1.165) is 10.6 Å². The summed E-state index contributed by atoms with van der Waals surface area (Å²) in [6, 6.07) is 8.23. The van der Waals surface area contributed by atoms with E-state index in [4.69, 9.17) is 46.4 Å². The zero-order valence-electron chi connectivity index (χ0n) is 20.4. The number of carbonyl (C=O) groups excluding carboxylic acids is 2. The molecule has 0 spiro atoms. The monoisotopic (exact) mass is 595 g/mol. The molecule has 0 saturated carbocycles. The number of hydrogen-bond acceptors (Lipinski definition) is 4. The highest BCUT2D eigenvalue weighted by atomic mass is 35.5. The molecule has 36 heavy (non-hydrogen) atoms. The fourth-order valence-electron chi connectivity index (χ4n) is 3.45. The number of sulfonamides is 1. The van der Waals surface area contributed by atoms with Gasteiger partial charge in [0.2, 0.25) is 21.8 Å². The third-order valence-corrected chi connectivity index (χ3v) is 8.21. The first kappa shape index (κ1) is 30.5. The van der Waals surface area contributed by atoms with Gasteiger partial charge >= 0.3 is 0 Å². The minimum absolute atomic E-state index is 0.0150. The maximum absolute atomic E-state index is 13.7. The van der Waals surface area contributed by atoms with Crippen LogP contribution in [-0.4, -0.2) is 50.0 Å². The van der Waals surface area contributed by atoms with Crippen LogP contribution in [0.5, 0.6) is 0 Å². The summed E-state index contributed by atoms with van der Waals surface area (Å²) in [5.41, 5.74) is 0.805. The van der Waals surface area contributed by atoms with Gasteiger partial charge in [0, 0.05) is 12.6 Å². The van der Waals surface area contributed by atoms with Crippen LogP contribution >= 0.6 is 46.4 Å². The molecule has 198 valence electrons. The molecule has 0 aromatic heterocycles. The molecule has 2 aromatic rings. The Morgan fingerprint density at radius 1 is 0.917 bits per heavy atom. The molecular formula is C24H29Cl4N3O4S. The Kier molecular flexibility index (Phi) is 11.2. The number of halogens is 4. The van der Waals surface area contributed by atoms with Crippen molar-refractivity contribution in [2.24, 2.45) is 0 Å². The summed E-state index contributed by atoms with van der Waals surface area (Å²) in [6.45, 7) is 5.05. The largest absolute Gasteiger partial charge is 0.352 e. The predicted molar refractivity (Wildman–Crippen MR) is 148 cm³/mol. The summed E-state index contributed by atoms with van der Waals surface area (Å²) in [7, 11) is -3.89. The Bertz CT molecular complexity index is 1210. The van der Waals surface area contributed by atoms with Crippen molar-refractivity contribution >= 4 is 73.9 Å². The number of anilines is 1. The van der Waals surface area contributed by atoms with E-state index in [-0.39, 0.29) is 34.2 Å². The molecule has 2 amide bonds. The molecule has 0 bridgehead atoms. The van der Waals surface area contributed by atoms with Crippen molar-refractivity contribution in [1.82, 2.24) is 10.2 Å². The second kappa shape index (κ2) is 13.2. The number of benzene rings is 2. The van der Waals surface area contributed by atoms with Crippen LogP contribution in [0.15, 0.2) is 36.4 Å². The van der Waals surface area contributed by atoms with E-state index >= 15 is 0 Å². The van der Waals surface area contributed by atoms with Crippen LogP contribution in [0.25, 0.3) is 0 Å². The van der Waals surface area contributed by atoms with Gasteiger partial charge in [-0.2, -0.15) is 0 Å². The summed E-state index contributed by atoms with van der Waals surface area (Å²) in [4.78, 5) is 28.1. The summed E-state index contributed by atoms with van der Waals surface area (Å²) in [5.74, 6) is -0.913. The van der Waals surface area contributed by atoms with E-state index in [2.05, 4.69) is 5.32 Å². The zero-order chi connectivity index (χ0) is 27.2. The SMILES string of the molecule is CC[C@@H](C)NC(=O)[C@H](CC)N(Cc1ccc(Cl)c(Cl)c1)C(=O)CN(c1ccc(Cl)c(Cl)c1)S(C)(=O)=O. The molecule has 12 heteroatoms. The average molecular weight is 597 g/mol. The highest BCUT2D eigenvalue weighted by Crippen LogP contribution is 2.29. The Hall–Kier alpha value is -1.71. The molecule has 0 saturated heterocycles. The lowest BCUT2D eigenvalue weighted by Gasteiger charge is -2.33. The highest BCUT2D eigenvalue weighted by Gasteiger charge is 2.32. The van der Waals surface area contributed by atoms with Gasteiger partial charge in [-0.15, -0.1) is 0 Å². The van der Waals surface area contributed by atoms with Gasteiger partial charge in [-0.25, -0.2) is 8.42 Å². The van der Waals surface area contributed by atoms with Crippen LogP contribution in [0.3, 0.4) is 0 Å². The molecule has 0 aliphatic heterocycles. The van der Waals surface area contributed by atoms with Crippen molar-refractivity contribution < 1.29 is 18.0 Å². The zero-order valence-corrected chi connectivity index (χ0v) is 24.2. The average Bonchev–Trinajstić information content (AvgIpc) is 2.80. The van der Waals surface area contributed by atoms with Crippen molar-refractivity contribution in [1.29, 1.82) is 0 Å². The van der Waals surface area contributed by atoms with Crippen LogP contribution in [0.2, 0.25) is 20.1 Å². The van der Waals surface area contributed by atoms with E-state index in [1.54, 1.807) is 25.1 Å². The number of nitrogens with zero attached hydrogens (tertiary/aromatic N) is 2. The lowest BCUT2D eigenvalue weighted by molar-refractivity contribution is -0.140. The van der Waals surface area contributed by atoms with Crippen LogP contribution in [-0.2, 0) is 26.2 Å². The fraction of sp³-hybridized carbons (Fsp3) is 0.417. The van der Waals surface area contributed by atoms with Gasteiger partial charge in [0.15, 0.2) is 0 Å². The van der Waals surface area contributed by atoms with Gasteiger partial charge in [-0.1, -0.05) is 66.3 Å². The van der Waals surface area contributed by atoms with Crippen LogP contribution in [0, 0.1) is 0 Å². The van der Waals surface area contributed by atoms with Crippen molar-refractivity contribution in [3.63, 3.8) is 0 Å². The Morgan fingerprint density at radius 2 is 1.50 bits per heavy atom. The van der Waals surface area contributed by atoms with Gasteiger partial charge < -0.3 is 10.2 Å². The van der Waals surface area contributed by atoms with E-state index < -0.39 is 28.5 Å². The summed E-state index contributed by atoms with van der Waals surface area (Å²) in [5, 5.41) is 3.94. The van der Waals surface area contributed by atoms with Gasteiger partial charge in [-0.05, 0) is 55.7 Å². The molecule has 7 nitrogen and oxygen atoms in total. The van der Waals surface area contributed by atoms with E-state index in [1.807, 2.05) is 13.8 Å². The van der Waals surface area contributed by atoms with Crippen molar-refractivity contribution in [2.75, 3.05) is 17.1 Å². The molecule has 1 N–H and O–H groups in total. The molecule has 0 unspecified atom stereocenters. The Labute approximate surface area is 232 Å². The normalized spacial score (nSPS) is 13.1. The Balaban J connectivity index is 2.48. The first-order chi connectivity index (χ1) is 16.8. The lowest BCUT2D eigenvalue weighted by Crippen LogP contribution is -2.53. The number of rotatable bonds is 11. The van der Waals surface area contributed by atoms with Crippen LogP contribution in [0.4, 0.5) is 5.69 Å². The van der Waals surface area contributed by atoms with E-state index in [1.165, 1.54) is 23.1 Å². The van der Waals surface area contributed by atoms with E-state index in [0.29, 0.717) is 28.5 Å². The first-order valence-electron chi connectivity index (χ1n) is 11.2. The van der Waals surface area contributed by atoms with Crippen molar-refractivity contribution in [3.8, 4) is 0 Å². The highest BCUT2D eigenvalue weighted by molar-refractivity contribution is 7.92. The second-order valence-electron chi connectivity index (χ2n) is 8.38. The second-order valence-corrected chi connectivity index (χ2v) is 11.9. The van der Waals surface area contributed by atoms with Crippen LogP contribution in [0.1, 0.15) is 39.2 Å². The lowest BCUT2D eigenvalue weighted by atomic mass is 10.1. The topological polar surface area (TPSA) is 86.8 Å². The maximum Gasteiger partial charge on any atom is 0.244 e. The quantitative estimate of drug-likeness (QED) is 0.356.